The molecule has 0 fully saturated rings. The Balaban J connectivity index is 2.19. The summed E-state index contributed by atoms with van der Waals surface area (Å²) in [5.41, 5.74) is 4.47. The molecular formula is C20H19N3O. The zero-order valence-electron chi connectivity index (χ0n) is 14.0. The monoisotopic (exact) mass is 317 g/mol. The first-order valence-electron chi connectivity index (χ1n) is 7.76. The SMILES string of the molecule is COc1cc(C)ccc1N=C(c1ccccc1)c1nccc(C)n1. The molecule has 120 valence electrons. The fourth-order valence-electron chi connectivity index (χ4n) is 2.40. The van der Waals surface area contributed by atoms with Crippen LogP contribution in [0.4, 0.5) is 5.69 Å². The van der Waals surface area contributed by atoms with Crippen molar-refractivity contribution in [2.45, 2.75) is 13.8 Å². The van der Waals surface area contributed by atoms with Gasteiger partial charge in [-0.05, 0) is 37.6 Å². The Labute approximate surface area is 141 Å². The van der Waals surface area contributed by atoms with Crippen LogP contribution < -0.4 is 4.74 Å². The lowest BCUT2D eigenvalue weighted by molar-refractivity contribution is 0.416. The second-order valence-corrected chi connectivity index (χ2v) is 5.52. The van der Waals surface area contributed by atoms with Gasteiger partial charge in [0.25, 0.3) is 0 Å². The van der Waals surface area contributed by atoms with Crippen LogP contribution in [0.2, 0.25) is 0 Å². The number of ether oxygens (including phenoxy) is 1. The predicted molar refractivity (Wildman–Crippen MR) is 96.2 cm³/mol. The molecule has 1 heterocycles. The van der Waals surface area contributed by atoms with Gasteiger partial charge < -0.3 is 4.74 Å². The third-order valence-electron chi connectivity index (χ3n) is 3.62. The average Bonchev–Trinajstić information content (AvgIpc) is 2.61. The molecule has 4 heteroatoms. The van der Waals surface area contributed by atoms with Crippen LogP contribution in [0.1, 0.15) is 22.6 Å². The van der Waals surface area contributed by atoms with E-state index in [0.717, 1.165) is 34.0 Å². The number of aliphatic imine (C=N–C) groups is 1. The molecule has 3 aromatic rings. The molecule has 0 saturated heterocycles. The quantitative estimate of drug-likeness (QED) is 0.675. The summed E-state index contributed by atoms with van der Waals surface area (Å²) in [5.74, 6) is 1.33. The van der Waals surface area contributed by atoms with E-state index in [0.29, 0.717) is 5.82 Å². The Hall–Kier alpha value is -3.01. The Morgan fingerprint density at radius 1 is 1.00 bits per heavy atom. The Morgan fingerprint density at radius 2 is 1.79 bits per heavy atom. The maximum Gasteiger partial charge on any atom is 0.178 e. The lowest BCUT2D eigenvalue weighted by atomic mass is 10.1. The molecule has 0 aliphatic heterocycles. The lowest BCUT2D eigenvalue weighted by Gasteiger charge is -2.09. The Kier molecular flexibility index (Phi) is 4.66. The van der Waals surface area contributed by atoms with Crippen molar-refractivity contribution < 1.29 is 4.74 Å². The molecule has 2 aromatic carbocycles. The first kappa shape index (κ1) is 15.9. The normalized spacial score (nSPS) is 11.4. The highest BCUT2D eigenvalue weighted by molar-refractivity contribution is 6.11. The minimum absolute atomic E-state index is 0.601. The number of methoxy groups -OCH3 is 1. The van der Waals surface area contributed by atoms with E-state index >= 15 is 0 Å². The number of aryl methyl sites for hydroxylation is 2. The molecule has 0 spiro atoms. The first-order valence-corrected chi connectivity index (χ1v) is 7.76. The van der Waals surface area contributed by atoms with Crippen molar-refractivity contribution in [3.63, 3.8) is 0 Å². The highest BCUT2D eigenvalue weighted by atomic mass is 16.5. The molecule has 0 N–H and O–H groups in total. The van der Waals surface area contributed by atoms with Gasteiger partial charge in [-0.2, -0.15) is 0 Å². The van der Waals surface area contributed by atoms with Crippen LogP contribution >= 0.6 is 0 Å². The van der Waals surface area contributed by atoms with Crippen LogP contribution in [0.25, 0.3) is 0 Å². The van der Waals surface area contributed by atoms with Gasteiger partial charge >= 0.3 is 0 Å². The molecule has 0 saturated carbocycles. The minimum Gasteiger partial charge on any atom is -0.494 e. The molecule has 0 amide bonds. The summed E-state index contributed by atoms with van der Waals surface area (Å²) in [6, 6.07) is 17.8. The number of hydrogen-bond acceptors (Lipinski definition) is 4. The van der Waals surface area contributed by atoms with E-state index in [9.17, 15) is 0 Å². The smallest absolute Gasteiger partial charge is 0.178 e. The highest BCUT2D eigenvalue weighted by Gasteiger charge is 2.12. The maximum atomic E-state index is 5.47. The van der Waals surface area contributed by atoms with Gasteiger partial charge in [-0.3, -0.25) is 0 Å². The van der Waals surface area contributed by atoms with Crippen LogP contribution in [-0.4, -0.2) is 22.8 Å². The van der Waals surface area contributed by atoms with Crippen LogP contribution in [0.5, 0.6) is 5.75 Å². The maximum absolute atomic E-state index is 5.47. The Morgan fingerprint density at radius 3 is 2.50 bits per heavy atom. The summed E-state index contributed by atoms with van der Waals surface area (Å²) < 4.78 is 5.47. The van der Waals surface area contributed by atoms with Gasteiger partial charge in [-0.1, -0.05) is 36.4 Å². The fraction of sp³-hybridized carbons (Fsp3) is 0.150. The van der Waals surface area contributed by atoms with E-state index in [2.05, 4.69) is 9.97 Å². The highest BCUT2D eigenvalue weighted by Crippen LogP contribution is 2.29. The van der Waals surface area contributed by atoms with E-state index < -0.39 is 0 Å². The van der Waals surface area contributed by atoms with E-state index in [-0.39, 0.29) is 0 Å². The molecule has 0 bridgehead atoms. The number of benzene rings is 2. The summed E-state index contributed by atoms with van der Waals surface area (Å²) >= 11 is 0. The third kappa shape index (κ3) is 3.49. The van der Waals surface area contributed by atoms with Crippen molar-refractivity contribution in [3.05, 3.63) is 83.4 Å². The molecular weight excluding hydrogens is 298 g/mol. The van der Waals surface area contributed by atoms with Gasteiger partial charge in [0.15, 0.2) is 5.82 Å². The summed E-state index contributed by atoms with van der Waals surface area (Å²) in [7, 11) is 1.65. The lowest BCUT2D eigenvalue weighted by Crippen LogP contribution is -2.09. The van der Waals surface area contributed by atoms with Gasteiger partial charge in [0.05, 0.1) is 7.11 Å². The largest absolute Gasteiger partial charge is 0.494 e. The first-order chi connectivity index (χ1) is 11.7. The van der Waals surface area contributed by atoms with Crippen molar-refractivity contribution in [1.82, 2.24) is 9.97 Å². The molecule has 4 nitrogen and oxygen atoms in total. The number of nitrogens with zero attached hydrogens (tertiary/aromatic N) is 3. The second kappa shape index (κ2) is 7.04. The number of hydrogen-bond donors (Lipinski definition) is 0. The summed E-state index contributed by atoms with van der Waals surface area (Å²) in [5, 5.41) is 0. The van der Waals surface area contributed by atoms with Crippen molar-refractivity contribution in [2.24, 2.45) is 4.99 Å². The van der Waals surface area contributed by atoms with Crippen molar-refractivity contribution in [2.75, 3.05) is 7.11 Å². The van der Waals surface area contributed by atoms with E-state index in [4.69, 9.17) is 9.73 Å². The Bertz CT molecular complexity index is 873. The van der Waals surface area contributed by atoms with Crippen LogP contribution in [-0.2, 0) is 0 Å². The van der Waals surface area contributed by atoms with E-state index in [1.807, 2.05) is 68.4 Å². The summed E-state index contributed by atoms with van der Waals surface area (Å²) in [6.45, 7) is 3.97. The molecule has 0 aliphatic rings. The van der Waals surface area contributed by atoms with Crippen molar-refractivity contribution in [1.29, 1.82) is 0 Å². The molecule has 0 unspecified atom stereocenters. The number of aromatic nitrogens is 2. The van der Waals surface area contributed by atoms with Gasteiger partial charge in [0, 0.05) is 17.5 Å². The van der Waals surface area contributed by atoms with Crippen LogP contribution in [0.3, 0.4) is 0 Å². The summed E-state index contributed by atoms with van der Waals surface area (Å²) in [6.07, 6.45) is 1.75. The standard InChI is InChI=1S/C20H19N3O/c1-14-9-10-17(18(13-14)24-3)23-19(16-7-5-4-6-8-16)20-21-12-11-15(2)22-20/h4-13H,1-3H3. The van der Waals surface area contributed by atoms with Crippen LogP contribution in [0.15, 0.2) is 65.8 Å². The van der Waals surface area contributed by atoms with Gasteiger partial charge in [0.1, 0.15) is 17.1 Å². The summed E-state index contributed by atoms with van der Waals surface area (Å²) in [4.78, 5) is 13.8. The molecule has 0 radical (unpaired) electrons. The van der Waals surface area contributed by atoms with Crippen molar-refractivity contribution in [3.8, 4) is 5.75 Å². The average molecular weight is 317 g/mol. The van der Waals surface area contributed by atoms with Crippen LogP contribution in [0, 0.1) is 13.8 Å². The van der Waals surface area contributed by atoms with Gasteiger partial charge in [0.2, 0.25) is 0 Å². The van der Waals surface area contributed by atoms with Gasteiger partial charge in [-0.25, -0.2) is 15.0 Å². The zero-order chi connectivity index (χ0) is 16.9. The topological polar surface area (TPSA) is 47.4 Å². The third-order valence-corrected chi connectivity index (χ3v) is 3.62. The molecule has 0 aliphatic carbocycles. The minimum atomic E-state index is 0.601. The predicted octanol–water partition coefficient (Wildman–Crippen LogP) is 4.27. The van der Waals surface area contributed by atoms with E-state index in [1.165, 1.54) is 0 Å². The zero-order valence-corrected chi connectivity index (χ0v) is 14.0. The molecule has 0 atom stereocenters. The van der Waals surface area contributed by atoms with E-state index in [1.54, 1.807) is 13.3 Å². The number of rotatable bonds is 4. The van der Waals surface area contributed by atoms with Crippen molar-refractivity contribution >= 4 is 11.4 Å². The molecule has 3 rings (SSSR count). The molecule has 24 heavy (non-hydrogen) atoms. The molecule has 1 aromatic heterocycles. The second-order valence-electron chi connectivity index (χ2n) is 5.52. The fourth-order valence-corrected chi connectivity index (χ4v) is 2.40. The van der Waals surface area contributed by atoms with Gasteiger partial charge in [-0.15, -0.1) is 0 Å².